The lowest BCUT2D eigenvalue weighted by atomic mass is 10.2. The lowest BCUT2D eigenvalue weighted by Crippen LogP contribution is -2.36. The summed E-state index contributed by atoms with van der Waals surface area (Å²) >= 11 is 0. The Hall–Kier alpha value is -0.570. The van der Waals surface area contributed by atoms with Gasteiger partial charge in [0.25, 0.3) is 0 Å². The molecule has 1 aliphatic rings. The zero-order chi connectivity index (χ0) is 10.4. The van der Waals surface area contributed by atoms with Crippen LogP contribution in [-0.4, -0.2) is 37.0 Å². The topological polar surface area (TPSA) is 32.3 Å². The first kappa shape index (κ1) is 11.5. The van der Waals surface area contributed by atoms with Crippen LogP contribution in [0.1, 0.15) is 39.0 Å². The molecule has 1 saturated heterocycles. The Morgan fingerprint density at radius 3 is 2.79 bits per heavy atom. The maximum atomic E-state index is 11.7. The van der Waals surface area contributed by atoms with Crippen molar-refractivity contribution in [2.24, 2.45) is 0 Å². The van der Waals surface area contributed by atoms with Gasteiger partial charge in [-0.2, -0.15) is 0 Å². The van der Waals surface area contributed by atoms with Gasteiger partial charge in [0, 0.05) is 13.1 Å². The lowest BCUT2D eigenvalue weighted by Gasteiger charge is -2.16. The van der Waals surface area contributed by atoms with Gasteiger partial charge in [0.05, 0.1) is 6.04 Å². The molecule has 3 heteroatoms. The first-order valence-corrected chi connectivity index (χ1v) is 5.75. The Bertz CT molecular complexity index is 182. The van der Waals surface area contributed by atoms with Crippen molar-refractivity contribution < 1.29 is 4.79 Å². The van der Waals surface area contributed by atoms with Crippen LogP contribution in [-0.2, 0) is 4.79 Å². The second-order valence-electron chi connectivity index (χ2n) is 4.02. The van der Waals surface area contributed by atoms with E-state index in [0.717, 1.165) is 25.9 Å². The van der Waals surface area contributed by atoms with Crippen LogP contribution in [0.25, 0.3) is 0 Å². The van der Waals surface area contributed by atoms with E-state index in [4.69, 9.17) is 0 Å². The van der Waals surface area contributed by atoms with Gasteiger partial charge in [-0.3, -0.25) is 4.79 Å². The summed E-state index contributed by atoms with van der Waals surface area (Å²) in [6, 6.07) is 0.0844. The Kier molecular flexibility index (Phi) is 4.94. The molecule has 1 heterocycles. The summed E-state index contributed by atoms with van der Waals surface area (Å²) in [6.45, 7) is 4.10. The van der Waals surface area contributed by atoms with E-state index < -0.39 is 0 Å². The summed E-state index contributed by atoms with van der Waals surface area (Å²) in [6.07, 6.45) is 5.94. The fourth-order valence-corrected chi connectivity index (χ4v) is 1.96. The Morgan fingerprint density at radius 2 is 2.21 bits per heavy atom. The lowest BCUT2D eigenvalue weighted by molar-refractivity contribution is -0.129. The van der Waals surface area contributed by atoms with E-state index in [9.17, 15) is 4.79 Å². The van der Waals surface area contributed by atoms with Crippen LogP contribution in [0, 0.1) is 0 Å². The molecular formula is C11H22N2O. The van der Waals surface area contributed by atoms with E-state index in [0.29, 0.717) is 5.91 Å². The highest BCUT2D eigenvalue weighted by Crippen LogP contribution is 2.12. The fourth-order valence-electron chi connectivity index (χ4n) is 1.96. The molecule has 3 nitrogen and oxygen atoms in total. The van der Waals surface area contributed by atoms with Crippen molar-refractivity contribution in [2.45, 2.75) is 45.1 Å². The minimum absolute atomic E-state index is 0.0844. The average molecular weight is 198 g/mol. The van der Waals surface area contributed by atoms with Gasteiger partial charge in [-0.15, -0.1) is 0 Å². The second-order valence-corrected chi connectivity index (χ2v) is 4.02. The highest BCUT2D eigenvalue weighted by molar-refractivity contribution is 5.83. The van der Waals surface area contributed by atoms with E-state index in [2.05, 4.69) is 12.2 Å². The van der Waals surface area contributed by atoms with Gasteiger partial charge in [0.2, 0.25) is 5.91 Å². The summed E-state index contributed by atoms with van der Waals surface area (Å²) in [7, 11) is 1.86. The zero-order valence-electron chi connectivity index (χ0n) is 9.38. The van der Waals surface area contributed by atoms with E-state index in [1.807, 2.05) is 11.9 Å². The number of hydrogen-bond acceptors (Lipinski definition) is 2. The largest absolute Gasteiger partial charge is 0.341 e. The average Bonchev–Trinajstić information content (AvgIpc) is 2.55. The smallest absolute Gasteiger partial charge is 0.239 e. The van der Waals surface area contributed by atoms with E-state index >= 15 is 0 Å². The van der Waals surface area contributed by atoms with Gasteiger partial charge >= 0.3 is 0 Å². The predicted octanol–water partition coefficient (Wildman–Crippen LogP) is 1.39. The van der Waals surface area contributed by atoms with Gasteiger partial charge < -0.3 is 10.2 Å². The Labute approximate surface area is 86.9 Å². The van der Waals surface area contributed by atoms with E-state index in [-0.39, 0.29) is 6.04 Å². The third-order valence-corrected chi connectivity index (χ3v) is 2.93. The van der Waals surface area contributed by atoms with Crippen molar-refractivity contribution >= 4 is 5.91 Å². The quantitative estimate of drug-likeness (QED) is 0.654. The molecule has 1 unspecified atom stereocenters. The molecule has 0 aromatic carbocycles. The molecule has 0 aromatic heterocycles. The number of likely N-dealkylation sites (tertiary alicyclic amines) is 1. The fraction of sp³-hybridized carbons (Fsp3) is 0.909. The Morgan fingerprint density at radius 1 is 1.43 bits per heavy atom. The van der Waals surface area contributed by atoms with Crippen LogP contribution in [0.4, 0.5) is 0 Å². The van der Waals surface area contributed by atoms with E-state index in [1.54, 1.807) is 0 Å². The molecule has 0 radical (unpaired) electrons. The monoisotopic (exact) mass is 198 g/mol. The molecule has 0 aromatic rings. The minimum atomic E-state index is 0.0844. The van der Waals surface area contributed by atoms with Crippen LogP contribution in [0.2, 0.25) is 0 Å². The third kappa shape index (κ3) is 2.98. The number of unbranched alkanes of at least 4 members (excludes halogenated alkanes) is 3. The number of nitrogens with zero attached hydrogens (tertiary/aromatic N) is 1. The molecule has 1 atom stereocenters. The highest BCUT2D eigenvalue weighted by atomic mass is 16.2. The first-order valence-electron chi connectivity index (χ1n) is 5.75. The van der Waals surface area contributed by atoms with Crippen LogP contribution in [0.5, 0.6) is 0 Å². The molecular weight excluding hydrogens is 176 g/mol. The molecule has 1 rings (SSSR count). The van der Waals surface area contributed by atoms with Gasteiger partial charge in [0.15, 0.2) is 0 Å². The molecule has 0 aliphatic carbocycles. The normalized spacial score (nSPS) is 22.0. The number of hydrogen-bond donors (Lipinski definition) is 1. The van der Waals surface area contributed by atoms with Gasteiger partial charge in [-0.25, -0.2) is 0 Å². The first-order chi connectivity index (χ1) is 6.79. The summed E-state index contributed by atoms with van der Waals surface area (Å²) in [5.41, 5.74) is 0. The van der Waals surface area contributed by atoms with E-state index in [1.165, 1.54) is 19.3 Å². The van der Waals surface area contributed by atoms with Crippen molar-refractivity contribution in [1.29, 1.82) is 0 Å². The number of amides is 1. The summed E-state index contributed by atoms with van der Waals surface area (Å²) in [4.78, 5) is 13.7. The molecule has 1 N–H and O–H groups in total. The standard InChI is InChI=1S/C11H22N2O/c1-3-4-5-6-8-13-9-7-10(12-2)11(13)14/h10,12H,3-9H2,1-2H3. The SMILES string of the molecule is CCCCCCN1CCC(NC)C1=O. The molecule has 1 fully saturated rings. The molecule has 1 aliphatic heterocycles. The number of likely N-dealkylation sites (N-methyl/N-ethyl adjacent to an activating group) is 1. The maximum Gasteiger partial charge on any atom is 0.239 e. The van der Waals surface area contributed by atoms with Crippen molar-refractivity contribution in [3.8, 4) is 0 Å². The molecule has 14 heavy (non-hydrogen) atoms. The minimum Gasteiger partial charge on any atom is -0.341 e. The van der Waals surface area contributed by atoms with Gasteiger partial charge in [0.1, 0.15) is 0 Å². The number of carbonyl (C=O) groups is 1. The summed E-state index contributed by atoms with van der Waals surface area (Å²) in [5.74, 6) is 0.295. The summed E-state index contributed by atoms with van der Waals surface area (Å²) in [5, 5.41) is 3.05. The molecule has 0 spiro atoms. The molecule has 1 amide bonds. The summed E-state index contributed by atoms with van der Waals surface area (Å²) < 4.78 is 0. The van der Waals surface area contributed by atoms with Crippen molar-refractivity contribution in [3.63, 3.8) is 0 Å². The van der Waals surface area contributed by atoms with Crippen LogP contribution in [0.15, 0.2) is 0 Å². The number of nitrogens with one attached hydrogen (secondary N) is 1. The van der Waals surface area contributed by atoms with Crippen molar-refractivity contribution in [3.05, 3.63) is 0 Å². The number of carbonyl (C=O) groups excluding carboxylic acids is 1. The second kappa shape index (κ2) is 6.02. The van der Waals surface area contributed by atoms with Crippen LogP contribution < -0.4 is 5.32 Å². The van der Waals surface area contributed by atoms with Gasteiger partial charge in [-0.1, -0.05) is 26.2 Å². The van der Waals surface area contributed by atoms with Crippen LogP contribution >= 0.6 is 0 Å². The van der Waals surface area contributed by atoms with Crippen molar-refractivity contribution in [2.75, 3.05) is 20.1 Å². The third-order valence-electron chi connectivity index (χ3n) is 2.93. The van der Waals surface area contributed by atoms with Gasteiger partial charge in [-0.05, 0) is 19.9 Å². The Balaban J connectivity index is 2.16. The van der Waals surface area contributed by atoms with Crippen LogP contribution in [0.3, 0.4) is 0 Å². The number of rotatable bonds is 6. The highest BCUT2D eigenvalue weighted by Gasteiger charge is 2.29. The maximum absolute atomic E-state index is 11.7. The molecule has 0 saturated carbocycles. The zero-order valence-corrected chi connectivity index (χ0v) is 9.38. The van der Waals surface area contributed by atoms with Crippen molar-refractivity contribution in [1.82, 2.24) is 10.2 Å². The predicted molar refractivity (Wildman–Crippen MR) is 58.2 cm³/mol. The molecule has 0 bridgehead atoms. The molecule has 82 valence electrons.